The molecular weight excluding hydrogens is 212 g/mol. The minimum absolute atomic E-state index is 0.0101. The van der Waals surface area contributed by atoms with E-state index in [9.17, 15) is 4.79 Å². The molecule has 0 spiro atoms. The maximum Gasteiger partial charge on any atom is 0.306 e. The monoisotopic (exact) mass is 242 g/mol. The standard InChI is InChI=1S/C15H30O2/c1-4-7-9-10-13-14(12-8-5-2)17-15(16)11-6-3/h14H,4-13H2,1-3H3. The van der Waals surface area contributed by atoms with Crippen LogP contribution in [0.25, 0.3) is 0 Å². The SMILES string of the molecule is CCCCCCC(CCCC)OC(=O)CCC. The van der Waals surface area contributed by atoms with E-state index >= 15 is 0 Å². The van der Waals surface area contributed by atoms with Crippen molar-refractivity contribution >= 4 is 5.97 Å². The summed E-state index contributed by atoms with van der Waals surface area (Å²) in [6, 6.07) is 0. The molecule has 0 fully saturated rings. The zero-order valence-corrected chi connectivity index (χ0v) is 12.0. The minimum Gasteiger partial charge on any atom is -0.462 e. The van der Waals surface area contributed by atoms with Crippen LogP contribution in [-0.4, -0.2) is 12.1 Å². The van der Waals surface area contributed by atoms with E-state index in [1.807, 2.05) is 6.92 Å². The van der Waals surface area contributed by atoms with Gasteiger partial charge in [0.15, 0.2) is 0 Å². The van der Waals surface area contributed by atoms with Crippen molar-refractivity contribution in [2.45, 2.75) is 91.1 Å². The maximum absolute atomic E-state index is 11.5. The largest absolute Gasteiger partial charge is 0.462 e. The molecule has 0 aliphatic rings. The molecule has 1 unspecified atom stereocenters. The van der Waals surface area contributed by atoms with E-state index < -0.39 is 0 Å². The number of ether oxygens (including phenoxy) is 1. The molecule has 17 heavy (non-hydrogen) atoms. The van der Waals surface area contributed by atoms with Gasteiger partial charge in [-0.25, -0.2) is 0 Å². The van der Waals surface area contributed by atoms with E-state index in [4.69, 9.17) is 4.74 Å². The fraction of sp³-hybridized carbons (Fsp3) is 0.933. The lowest BCUT2D eigenvalue weighted by molar-refractivity contribution is -0.149. The zero-order chi connectivity index (χ0) is 12.9. The van der Waals surface area contributed by atoms with Crippen molar-refractivity contribution in [2.24, 2.45) is 0 Å². The topological polar surface area (TPSA) is 26.3 Å². The fourth-order valence-electron chi connectivity index (χ4n) is 1.94. The Morgan fingerprint density at radius 1 is 0.882 bits per heavy atom. The molecule has 0 aromatic rings. The summed E-state index contributed by atoms with van der Waals surface area (Å²) >= 11 is 0. The van der Waals surface area contributed by atoms with E-state index in [1.54, 1.807) is 0 Å². The van der Waals surface area contributed by atoms with Crippen molar-refractivity contribution in [3.63, 3.8) is 0 Å². The van der Waals surface area contributed by atoms with E-state index in [2.05, 4.69) is 13.8 Å². The Labute approximate surface area is 107 Å². The molecule has 0 heterocycles. The van der Waals surface area contributed by atoms with Crippen LogP contribution in [0.2, 0.25) is 0 Å². The van der Waals surface area contributed by atoms with Crippen molar-refractivity contribution in [1.82, 2.24) is 0 Å². The van der Waals surface area contributed by atoms with Crippen LogP contribution in [0, 0.1) is 0 Å². The first-order chi connectivity index (χ1) is 8.24. The summed E-state index contributed by atoms with van der Waals surface area (Å²) in [6.07, 6.45) is 11.1. The van der Waals surface area contributed by atoms with E-state index in [-0.39, 0.29) is 12.1 Å². The van der Waals surface area contributed by atoms with Crippen LogP contribution in [-0.2, 0) is 9.53 Å². The summed E-state index contributed by atoms with van der Waals surface area (Å²) in [4.78, 5) is 11.5. The summed E-state index contributed by atoms with van der Waals surface area (Å²) in [6.45, 7) is 6.42. The number of esters is 1. The Balaban J connectivity index is 3.82. The Morgan fingerprint density at radius 3 is 2.12 bits per heavy atom. The summed E-state index contributed by atoms with van der Waals surface area (Å²) in [7, 11) is 0. The molecule has 0 aliphatic heterocycles. The smallest absolute Gasteiger partial charge is 0.306 e. The van der Waals surface area contributed by atoms with Gasteiger partial charge in [-0.05, 0) is 25.7 Å². The molecule has 0 bridgehead atoms. The molecule has 0 rings (SSSR count). The highest BCUT2D eigenvalue weighted by Crippen LogP contribution is 2.15. The van der Waals surface area contributed by atoms with Crippen LogP contribution in [0.15, 0.2) is 0 Å². The molecule has 1 atom stereocenters. The van der Waals surface area contributed by atoms with Crippen LogP contribution in [0.1, 0.15) is 85.0 Å². The van der Waals surface area contributed by atoms with Gasteiger partial charge in [0, 0.05) is 6.42 Å². The molecule has 2 heteroatoms. The lowest BCUT2D eigenvalue weighted by atomic mass is 10.0. The van der Waals surface area contributed by atoms with E-state index in [1.165, 1.54) is 32.1 Å². The lowest BCUT2D eigenvalue weighted by Gasteiger charge is -2.17. The highest BCUT2D eigenvalue weighted by atomic mass is 16.5. The molecule has 0 N–H and O–H groups in total. The average molecular weight is 242 g/mol. The second kappa shape index (κ2) is 11.9. The third kappa shape index (κ3) is 10.3. The van der Waals surface area contributed by atoms with E-state index in [0.717, 1.165) is 25.7 Å². The first-order valence-corrected chi connectivity index (χ1v) is 7.44. The van der Waals surface area contributed by atoms with Crippen molar-refractivity contribution in [1.29, 1.82) is 0 Å². The van der Waals surface area contributed by atoms with E-state index in [0.29, 0.717) is 6.42 Å². The molecule has 0 aromatic heterocycles. The summed E-state index contributed by atoms with van der Waals surface area (Å²) in [5.74, 6) is -0.0101. The van der Waals surface area contributed by atoms with Gasteiger partial charge in [-0.2, -0.15) is 0 Å². The first-order valence-electron chi connectivity index (χ1n) is 7.44. The van der Waals surface area contributed by atoms with Gasteiger partial charge in [0.2, 0.25) is 0 Å². The van der Waals surface area contributed by atoms with Gasteiger partial charge in [-0.3, -0.25) is 4.79 Å². The normalized spacial score (nSPS) is 12.4. The quantitative estimate of drug-likeness (QED) is 0.382. The molecule has 0 aromatic carbocycles. The fourth-order valence-corrected chi connectivity index (χ4v) is 1.94. The Morgan fingerprint density at radius 2 is 1.53 bits per heavy atom. The van der Waals surface area contributed by atoms with Crippen LogP contribution < -0.4 is 0 Å². The number of hydrogen-bond donors (Lipinski definition) is 0. The predicted molar refractivity (Wildman–Crippen MR) is 73.1 cm³/mol. The third-order valence-electron chi connectivity index (χ3n) is 3.01. The van der Waals surface area contributed by atoms with Gasteiger partial charge in [0.1, 0.15) is 6.10 Å². The van der Waals surface area contributed by atoms with Gasteiger partial charge < -0.3 is 4.74 Å². The minimum atomic E-state index is -0.0101. The van der Waals surface area contributed by atoms with Crippen molar-refractivity contribution in [3.8, 4) is 0 Å². The van der Waals surface area contributed by atoms with Crippen LogP contribution in [0.4, 0.5) is 0 Å². The maximum atomic E-state index is 11.5. The highest BCUT2D eigenvalue weighted by molar-refractivity contribution is 5.69. The lowest BCUT2D eigenvalue weighted by Crippen LogP contribution is -2.18. The van der Waals surface area contributed by atoms with Gasteiger partial charge in [0.25, 0.3) is 0 Å². The molecule has 0 amide bonds. The first kappa shape index (κ1) is 16.5. The molecular formula is C15H30O2. The van der Waals surface area contributed by atoms with Gasteiger partial charge in [-0.15, -0.1) is 0 Å². The number of hydrogen-bond acceptors (Lipinski definition) is 2. The van der Waals surface area contributed by atoms with Crippen LogP contribution >= 0.6 is 0 Å². The molecule has 102 valence electrons. The second-order valence-electron chi connectivity index (χ2n) is 4.85. The molecule has 2 nitrogen and oxygen atoms in total. The van der Waals surface area contributed by atoms with Crippen molar-refractivity contribution in [3.05, 3.63) is 0 Å². The number of rotatable bonds is 11. The third-order valence-corrected chi connectivity index (χ3v) is 3.01. The molecule has 0 saturated carbocycles. The molecule has 0 radical (unpaired) electrons. The van der Waals surface area contributed by atoms with Crippen molar-refractivity contribution < 1.29 is 9.53 Å². The van der Waals surface area contributed by atoms with Crippen LogP contribution in [0.3, 0.4) is 0 Å². The number of carbonyl (C=O) groups excluding carboxylic acids is 1. The summed E-state index contributed by atoms with van der Waals surface area (Å²) < 4.78 is 5.53. The van der Waals surface area contributed by atoms with Gasteiger partial charge in [-0.1, -0.05) is 52.9 Å². The zero-order valence-electron chi connectivity index (χ0n) is 12.0. The molecule has 0 aliphatic carbocycles. The predicted octanol–water partition coefficient (Wildman–Crippen LogP) is 4.86. The Kier molecular flexibility index (Phi) is 11.6. The van der Waals surface area contributed by atoms with Gasteiger partial charge in [0.05, 0.1) is 0 Å². The Bertz CT molecular complexity index is 178. The Hall–Kier alpha value is -0.530. The molecule has 0 saturated heterocycles. The number of unbranched alkanes of at least 4 members (excludes halogenated alkanes) is 4. The number of carbonyl (C=O) groups is 1. The second-order valence-corrected chi connectivity index (χ2v) is 4.85. The van der Waals surface area contributed by atoms with Crippen LogP contribution in [0.5, 0.6) is 0 Å². The summed E-state index contributed by atoms with van der Waals surface area (Å²) in [5, 5.41) is 0. The average Bonchev–Trinajstić information content (AvgIpc) is 2.31. The summed E-state index contributed by atoms with van der Waals surface area (Å²) in [5.41, 5.74) is 0. The van der Waals surface area contributed by atoms with Gasteiger partial charge >= 0.3 is 5.97 Å². The van der Waals surface area contributed by atoms with Crippen molar-refractivity contribution in [2.75, 3.05) is 0 Å². The highest BCUT2D eigenvalue weighted by Gasteiger charge is 2.12.